The third-order valence-electron chi connectivity index (χ3n) is 5.42. The molecule has 3 aromatic rings. The maximum atomic E-state index is 9.53. The first kappa shape index (κ1) is 20.8. The van der Waals surface area contributed by atoms with Gasteiger partial charge in [-0.15, -0.1) is 11.8 Å². The average Bonchev–Trinajstić information content (AvgIpc) is 2.74. The van der Waals surface area contributed by atoms with Crippen LogP contribution < -0.4 is 5.01 Å². The Morgan fingerprint density at radius 1 is 0.900 bits per heavy atom. The fourth-order valence-corrected chi connectivity index (χ4v) is 5.19. The highest BCUT2D eigenvalue weighted by Gasteiger charge is 2.24. The van der Waals surface area contributed by atoms with Crippen molar-refractivity contribution >= 4 is 28.2 Å². The summed E-state index contributed by atoms with van der Waals surface area (Å²) < 4.78 is 0.182. The number of benzene rings is 3. The minimum Gasteiger partial charge on any atom is -0.305 e. The average molecular weight is 416 g/mol. The quantitative estimate of drug-likeness (QED) is 0.448. The van der Waals surface area contributed by atoms with Crippen molar-refractivity contribution in [1.82, 2.24) is 5.01 Å². The maximum absolute atomic E-state index is 9.53. The lowest BCUT2D eigenvalue weighted by Crippen LogP contribution is -2.47. The molecule has 0 aliphatic carbocycles. The van der Waals surface area contributed by atoms with Crippen LogP contribution in [0.3, 0.4) is 0 Å². The van der Waals surface area contributed by atoms with Gasteiger partial charge in [-0.25, -0.2) is 5.01 Å². The van der Waals surface area contributed by atoms with Gasteiger partial charge in [0, 0.05) is 40.0 Å². The van der Waals surface area contributed by atoms with Crippen molar-refractivity contribution in [2.75, 3.05) is 18.1 Å². The standard InChI is InChI=1S/C26H29N3S/c1-26(2,3)30-25-13-7-4-10-21(25)19-28-16-8-9-17-29(28)24-15-14-20(18-27)22-11-5-6-12-23(22)24/h4-7,10-15H,8-9,16-17,19H2,1-3H3. The Hall–Kier alpha value is -2.48. The zero-order valence-corrected chi connectivity index (χ0v) is 18.9. The zero-order chi connectivity index (χ0) is 21.1. The summed E-state index contributed by atoms with van der Waals surface area (Å²) in [7, 11) is 0. The molecule has 0 atom stereocenters. The molecule has 1 fully saturated rings. The van der Waals surface area contributed by atoms with Gasteiger partial charge in [-0.05, 0) is 36.6 Å². The number of fused-ring (bicyclic) bond motifs is 1. The monoisotopic (exact) mass is 415 g/mol. The number of hydrogen-bond acceptors (Lipinski definition) is 4. The summed E-state index contributed by atoms with van der Waals surface area (Å²) in [4.78, 5) is 1.36. The molecule has 1 aliphatic rings. The van der Waals surface area contributed by atoms with E-state index in [1.807, 2.05) is 23.9 Å². The molecular formula is C26H29N3S. The molecule has 3 nitrogen and oxygen atoms in total. The van der Waals surface area contributed by atoms with E-state index in [2.05, 4.69) is 85.4 Å². The minimum absolute atomic E-state index is 0.182. The Bertz CT molecular complexity index is 1080. The lowest BCUT2D eigenvalue weighted by atomic mass is 10.0. The second-order valence-corrected chi connectivity index (χ2v) is 10.7. The van der Waals surface area contributed by atoms with Crippen molar-refractivity contribution in [2.24, 2.45) is 0 Å². The van der Waals surface area contributed by atoms with Crippen LogP contribution >= 0.6 is 11.8 Å². The number of hydrogen-bond donors (Lipinski definition) is 0. The van der Waals surface area contributed by atoms with E-state index >= 15 is 0 Å². The van der Waals surface area contributed by atoms with Crippen LogP contribution in [0.5, 0.6) is 0 Å². The van der Waals surface area contributed by atoms with Gasteiger partial charge in [0.25, 0.3) is 0 Å². The van der Waals surface area contributed by atoms with E-state index in [4.69, 9.17) is 0 Å². The third-order valence-corrected chi connectivity index (χ3v) is 6.65. The van der Waals surface area contributed by atoms with E-state index in [-0.39, 0.29) is 4.75 Å². The largest absolute Gasteiger partial charge is 0.305 e. The van der Waals surface area contributed by atoms with Crippen LogP contribution in [0.25, 0.3) is 10.8 Å². The van der Waals surface area contributed by atoms with Gasteiger partial charge in [0.1, 0.15) is 0 Å². The van der Waals surface area contributed by atoms with Crippen molar-refractivity contribution < 1.29 is 0 Å². The van der Waals surface area contributed by atoms with Crippen LogP contribution in [-0.2, 0) is 6.54 Å². The van der Waals surface area contributed by atoms with Crippen molar-refractivity contribution in [3.8, 4) is 6.07 Å². The second-order valence-electron chi connectivity index (χ2n) is 8.83. The molecule has 0 amide bonds. The van der Waals surface area contributed by atoms with Crippen LogP contribution in [0.2, 0.25) is 0 Å². The molecule has 154 valence electrons. The Balaban J connectivity index is 1.70. The normalized spacial score (nSPS) is 15.3. The lowest BCUT2D eigenvalue weighted by molar-refractivity contribution is 0.203. The molecule has 0 bridgehead atoms. The summed E-state index contributed by atoms with van der Waals surface area (Å²) in [6, 6.07) is 23.5. The predicted octanol–water partition coefficient (Wildman–Crippen LogP) is 6.62. The number of rotatable bonds is 4. The van der Waals surface area contributed by atoms with E-state index in [0.29, 0.717) is 0 Å². The minimum atomic E-state index is 0.182. The Morgan fingerprint density at radius 2 is 1.60 bits per heavy atom. The van der Waals surface area contributed by atoms with Crippen LogP contribution in [-0.4, -0.2) is 22.8 Å². The highest BCUT2D eigenvalue weighted by molar-refractivity contribution is 8.00. The molecule has 1 aliphatic heterocycles. The zero-order valence-electron chi connectivity index (χ0n) is 18.1. The molecule has 3 aromatic carbocycles. The molecule has 0 saturated carbocycles. The molecular weight excluding hydrogens is 386 g/mol. The number of nitriles is 1. The topological polar surface area (TPSA) is 30.3 Å². The van der Waals surface area contributed by atoms with E-state index in [1.54, 1.807) is 0 Å². The SMILES string of the molecule is CC(C)(C)Sc1ccccc1CN1CCCCN1c1ccc(C#N)c2ccccc12. The summed E-state index contributed by atoms with van der Waals surface area (Å²) in [6.45, 7) is 9.75. The van der Waals surface area contributed by atoms with Crippen molar-refractivity contribution in [3.05, 3.63) is 71.8 Å². The summed E-state index contributed by atoms with van der Waals surface area (Å²) in [5.41, 5.74) is 3.32. The molecule has 0 radical (unpaired) electrons. The fraction of sp³-hybridized carbons (Fsp3) is 0.346. The molecule has 30 heavy (non-hydrogen) atoms. The van der Waals surface area contributed by atoms with E-state index in [9.17, 15) is 5.26 Å². The van der Waals surface area contributed by atoms with Gasteiger partial charge in [-0.3, -0.25) is 0 Å². The highest BCUT2D eigenvalue weighted by atomic mass is 32.2. The maximum Gasteiger partial charge on any atom is 0.0998 e. The van der Waals surface area contributed by atoms with Crippen molar-refractivity contribution in [2.45, 2.75) is 49.8 Å². The van der Waals surface area contributed by atoms with Crippen LogP contribution in [0.1, 0.15) is 44.7 Å². The van der Waals surface area contributed by atoms with E-state index in [1.165, 1.54) is 29.0 Å². The Labute approximate surface area is 184 Å². The molecule has 0 N–H and O–H groups in total. The number of hydrazine groups is 1. The van der Waals surface area contributed by atoms with Crippen LogP contribution in [0.15, 0.2) is 65.6 Å². The highest BCUT2D eigenvalue weighted by Crippen LogP contribution is 2.36. The smallest absolute Gasteiger partial charge is 0.0998 e. The van der Waals surface area contributed by atoms with E-state index < -0.39 is 0 Å². The Morgan fingerprint density at radius 3 is 2.37 bits per heavy atom. The molecule has 0 aromatic heterocycles. The van der Waals surface area contributed by atoms with Crippen LogP contribution in [0, 0.1) is 11.3 Å². The molecule has 4 rings (SSSR count). The van der Waals surface area contributed by atoms with Gasteiger partial charge in [-0.2, -0.15) is 5.26 Å². The molecule has 4 heteroatoms. The fourth-order valence-electron chi connectivity index (χ4n) is 4.12. The van der Waals surface area contributed by atoms with Crippen molar-refractivity contribution in [1.29, 1.82) is 5.26 Å². The van der Waals surface area contributed by atoms with Gasteiger partial charge < -0.3 is 5.01 Å². The first-order valence-corrected chi connectivity index (χ1v) is 11.5. The number of nitrogens with zero attached hydrogens (tertiary/aromatic N) is 3. The third kappa shape index (κ3) is 4.48. The van der Waals surface area contributed by atoms with Gasteiger partial charge in [-0.1, -0.05) is 63.2 Å². The Kier molecular flexibility index (Phi) is 6.04. The van der Waals surface area contributed by atoms with E-state index in [0.717, 1.165) is 36.0 Å². The molecule has 1 heterocycles. The summed E-state index contributed by atoms with van der Waals surface area (Å²) >= 11 is 1.94. The molecule has 1 saturated heterocycles. The number of anilines is 1. The summed E-state index contributed by atoms with van der Waals surface area (Å²) in [6.07, 6.45) is 2.39. The van der Waals surface area contributed by atoms with Gasteiger partial charge >= 0.3 is 0 Å². The van der Waals surface area contributed by atoms with Gasteiger partial charge in [0.2, 0.25) is 0 Å². The lowest BCUT2D eigenvalue weighted by Gasteiger charge is -2.41. The summed E-state index contributed by atoms with van der Waals surface area (Å²) in [5.74, 6) is 0. The second kappa shape index (κ2) is 8.71. The predicted molar refractivity (Wildman–Crippen MR) is 128 cm³/mol. The first-order valence-electron chi connectivity index (χ1n) is 10.7. The summed E-state index contributed by atoms with van der Waals surface area (Å²) in [5, 5.41) is 16.6. The molecule has 0 unspecified atom stereocenters. The van der Waals surface area contributed by atoms with Crippen LogP contribution in [0.4, 0.5) is 5.69 Å². The number of thioether (sulfide) groups is 1. The van der Waals surface area contributed by atoms with Gasteiger partial charge in [0.15, 0.2) is 0 Å². The first-order chi connectivity index (χ1) is 14.5. The molecule has 0 spiro atoms. The van der Waals surface area contributed by atoms with Gasteiger partial charge in [0.05, 0.1) is 17.3 Å². The van der Waals surface area contributed by atoms with Crippen molar-refractivity contribution in [3.63, 3.8) is 0 Å².